The lowest BCUT2D eigenvalue weighted by atomic mass is 9.98. The molecule has 0 radical (unpaired) electrons. The SMILES string of the molecule is CCCCc1nc(C)n(-c2ncc(OC)cn2)c(=O)c1Cc1ccc(-c2ccccc2S(=O)(=O)CC(=O)CC)cc1. The Morgan fingerprint density at radius 2 is 1.68 bits per heavy atom. The predicted octanol–water partition coefficient (Wildman–Crippen LogP) is 4.69. The Morgan fingerprint density at radius 3 is 2.32 bits per heavy atom. The second-order valence-corrected chi connectivity index (χ2v) is 11.7. The largest absolute Gasteiger partial charge is 0.494 e. The second-order valence-electron chi connectivity index (χ2n) is 9.77. The van der Waals surface area contributed by atoms with Crippen molar-refractivity contribution in [2.75, 3.05) is 12.9 Å². The van der Waals surface area contributed by atoms with Gasteiger partial charge in [0.05, 0.1) is 30.1 Å². The minimum absolute atomic E-state index is 0.126. The number of sulfone groups is 1. The number of methoxy groups -OCH3 is 1. The summed E-state index contributed by atoms with van der Waals surface area (Å²) in [5.74, 6) is 0.359. The van der Waals surface area contributed by atoms with E-state index >= 15 is 0 Å². The number of benzene rings is 2. The Labute approximate surface area is 240 Å². The number of carbonyl (C=O) groups is 1. The highest BCUT2D eigenvalue weighted by Gasteiger charge is 2.22. The summed E-state index contributed by atoms with van der Waals surface area (Å²) in [7, 11) is -2.27. The summed E-state index contributed by atoms with van der Waals surface area (Å²) in [4.78, 5) is 39.2. The van der Waals surface area contributed by atoms with E-state index in [1.54, 1.807) is 32.0 Å². The Bertz CT molecular complexity index is 1700. The highest BCUT2D eigenvalue weighted by molar-refractivity contribution is 7.92. The molecule has 0 bridgehead atoms. The number of Topliss-reactive ketones (excluding diaryl/α,β-unsaturated/α-hetero) is 1. The van der Waals surface area contributed by atoms with Gasteiger partial charge in [-0.05, 0) is 37.0 Å². The lowest BCUT2D eigenvalue weighted by Crippen LogP contribution is -2.29. The van der Waals surface area contributed by atoms with Crippen molar-refractivity contribution in [2.24, 2.45) is 0 Å². The fourth-order valence-electron chi connectivity index (χ4n) is 4.59. The molecular formula is C31H34N4O5S. The monoisotopic (exact) mass is 574 g/mol. The van der Waals surface area contributed by atoms with Gasteiger partial charge < -0.3 is 4.74 Å². The molecule has 0 aliphatic heterocycles. The number of nitrogens with zero attached hydrogens (tertiary/aromatic N) is 4. The van der Waals surface area contributed by atoms with Gasteiger partial charge >= 0.3 is 0 Å². The number of ketones is 1. The van der Waals surface area contributed by atoms with Gasteiger partial charge in [0.2, 0.25) is 5.95 Å². The minimum Gasteiger partial charge on any atom is -0.494 e. The first-order valence-corrected chi connectivity index (χ1v) is 15.2. The molecule has 41 heavy (non-hydrogen) atoms. The van der Waals surface area contributed by atoms with Crippen molar-refractivity contribution in [1.82, 2.24) is 19.5 Å². The van der Waals surface area contributed by atoms with Crippen molar-refractivity contribution in [1.29, 1.82) is 0 Å². The topological polar surface area (TPSA) is 121 Å². The summed E-state index contributed by atoms with van der Waals surface area (Å²) in [6, 6.07) is 14.1. The Morgan fingerprint density at radius 1 is 1.00 bits per heavy atom. The van der Waals surface area contributed by atoms with Crippen molar-refractivity contribution in [3.8, 4) is 22.8 Å². The van der Waals surface area contributed by atoms with Gasteiger partial charge in [-0.1, -0.05) is 62.7 Å². The molecular weight excluding hydrogens is 540 g/mol. The molecule has 0 aliphatic rings. The van der Waals surface area contributed by atoms with E-state index in [1.807, 2.05) is 24.3 Å². The Hall–Kier alpha value is -4.18. The highest BCUT2D eigenvalue weighted by atomic mass is 32.2. The van der Waals surface area contributed by atoms with E-state index in [0.717, 1.165) is 24.1 Å². The van der Waals surface area contributed by atoms with Gasteiger partial charge in [0.1, 0.15) is 17.4 Å². The third kappa shape index (κ3) is 6.77. The normalized spacial score (nSPS) is 11.4. The molecule has 0 fully saturated rings. The summed E-state index contributed by atoms with van der Waals surface area (Å²) in [6.45, 7) is 5.51. The van der Waals surface area contributed by atoms with E-state index < -0.39 is 15.6 Å². The van der Waals surface area contributed by atoms with Crippen LogP contribution in [-0.2, 0) is 27.5 Å². The smallest absolute Gasteiger partial charge is 0.264 e. The van der Waals surface area contributed by atoms with Crippen LogP contribution in [-0.4, -0.2) is 46.6 Å². The molecule has 0 saturated heterocycles. The van der Waals surface area contributed by atoms with Gasteiger partial charge in [-0.15, -0.1) is 0 Å². The van der Waals surface area contributed by atoms with Crippen molar-refractivity contribution >= 4 is 15.6 Å². The molecule has 0 aliphatic carbocycles. The van der Waals surface area contributed by atoms with E-state index in [2.05, 4.69) is 16.9 Å². The van der Waals surface area contributed by atoms with Crippen LogP contribution in [0.1, 0.15) is 55.8 Å². The number of hydrogen-bond donors (Lipinski definition) is 0. The molecule has 10 heteroatoms. The quantitative estimate of drug-likeness (QED) is 0.239. The van der Waals surface area contributed by atoms with Crippen LogP contribution in [0.5, 0.6) is 5.75 Å². The highest BCUT2D eigenvalue weighted by Crippen LogP contribution is 2.29. The zero-order valence-electron chi connectivity index (χ0n) is 23.8. The van der Waals surface area contributed by atoms with Crippen LogP contribution in [0.2, 0.25) is 0 Å². The lowest BCUT2D eigenvalue weighted by molar-refractivity contribution is -0.116. The molecule has 4 aromatic rings. The van der Waals surface area contributed by atoms with Gasteiger partial charge in [-0.2, -0.15) is 0 Å². The summed E-state index contributed by atoms with van der Waals surface area (Å²) in [5.41, 5.74) is 3.20. The van der Waals surface area contributed by atoms with Gasteiger partial charge in [-0.25, -0.2) is 27.9 Å². The van der Waals surface area contributed by atoms with Gasteiger partial charge in [0.15, 0.2) is 15.6 Å². The Kier molecular flexibility index (Phi) is 9.44. The van der Waals surface area contributed by atoms with Gasteiger partial charge in [0.25, 0.3) is 5.56 Å². The molecule has 2 aromatic heterocycles. The van der Waals surface area contributed by atoms with E-state index in [9.17, 15) is 18.0 Å². The van der Waals surface area contributed by atoms with Crippen LogP contribution >= 0.6 is 0 Å². The van der Waals surface area contributed by atoms with Crippen LogP contribution in [0, 0.1) is 6.92 Å². The zero-order valence-corrected chi connectivity index (χ0v) is 24.6. The minimum atomic E-state index is -3.79. The maximum Gasteiger partial charge on any atom is 0.264 e. The summed E-state index contributed by atoms with van der Waals surface area (Å²) >= 11 is 0. The number of carbonyl (C=O) groups excluding carboxylic acids is 1. The number of rotatable bonds is 12. The fraction of sp³-hybridized carbons (Fsp3) is 0.323. The van der Waals surface area contributed by atoms with Gasteiger partial charge in [-0.3, -0.25) is 9.59 Å². The molecule has 2 heterocycles. The number of aryl methyl sites for hydroxylation is 2. The van der Waals surface area contributed by atoms with Crippen molar-refractivity contribution in [3.63, 3.8) is 0 Å². The molecule has 2 aromatic carbocycles. The first-order valence-electron chi connectivity index (χ1n) is 13.6. The van der Waals surface area contributed by atoms with Crippen molar-refractivity contribution in [3.05, 3.63) is 93.9 Å². The maximum atomic E-state index is 13.8. The number of hydrogen-bond acceptors (Lipinski definition) is 8. The number of ether oxygens (including phenoxy) is 1. The summed E-state index contributed by atoms with van der Waals surface area (Å²) < 4.78 is 32.5. The van der Waals surface area contributed by atoms with E-state index in [1.165, 1.54) is 30.1 Å². The van der Waals surface area contributed by atoms with Gasteiger partial charge in [0, 0.05) is 24.0 Å². The van der Waals surface area contributed by atoms with E-state index in [4.69, 9.17) is 9.72 Å². The predicted molar refractivity (Wildman–Crippen MR) is 157 cm³/mol. The molecule has 214 valence electrons. The van der Waals surface area contributed by atoms with Crippen molar-refractivity contribution in [2.45, 2.75) is 57.8 Å². The molecule has 4 rings (SSSR count). The molecule has 0 spiro atoms. The van der Waals surface area contributed by atoms with Crippen LogP contribution in [0.3, 0.4) is 0 Å². The molecule has 0 N–H and O–H groups in total. The summed E-state index contributed by atoms with van der Waals surface area (Å²) in [6.07, 6.45) is 6.05. The number of aromatic nitrogens is 4. The fourth-order valence-corrected chi connectivity index (χ4v) is 6.18. The third-order valence-corrected chi connectivity index (χ3v) is 8.59. The Balaban J connectivity index is 1.71. The van der Waals surface area contributed by atoms with Crippen LogP contribution < -0.4 is 10.3 Å². The standard InChI is InChI=1S/C31H34N4O5S/c1-5-7-11-28-27(30(37)35(21(3)34-28)31-32-18-25(40-4)19-33-31)17-22-13-15-23(16-14-22)26-10-8-9-12-29(26)41(38,39)20-24(36)6-2/h8-10,12-16,18-19H,5-7,11,17,20H2,1-4H3. The molecule has 0 saturated carbocycles. The second kappa shape index (κ2) is 13.0. The molecule has 0 unspecified atom stereocenters. The zero-order chi connectivity index (χ0) is 29.6. The number of unbranched alkanes of at least 4 members (excludes halogenated alkanes) is 1. The van der Waals surface area contributed by atoms with Crippen molar-refractivity contribution < 1.29 is 17.9 Å². The first kappa shape index (κ1) is 29.8. The van der Waals surface area contributed by atoms with E-state index in [0.29, 0.717) is 41.1 Å². The first-order chi connectivity index (χ1) is 19.7. The van der Waals surface area contributed by atoms with Crippen LogP contribution in [0.25, 0.3) is 17.1 Å². The molecule has 0 amide bonds. The average molecular weight is 575 g/mol. The van der Waals surface area contributed by atoms with E-state index in [-0.39, 0.29) is 28.6 Å². The molecule has 0 atom stereocenters. The maximum absolute atomic E-state index is 13.8. The summed E-state index contributed by atoms with van der Waals surface area (Å²) in [5, 5.41) is 0. The average Bonchev–Trinajstić information content (AvgIpc) is 2.98. The molecule has 9 nitrogen and oxygen atoms in total. The lowest BCUT2D eigenvalue weighted by Gasteiger charge is -2.15. The van der Waals surface area contributed by atoms with Crippen LogP contribution in [0.4, 0.5) is 0 Å². The van der Waals surface area contributed by atoms with Crippen LogP contribution in [0.15, 0.2) is 70.6 Å². The third-order valence-electron chi connectivity index (χ3n) is 6.86.